The SMILES string of the molecule is Cc1sc(CN2CCCCCC2C(=O)O)cc1Br. The van der Waals surface area contributed by atoms with Crippen LogP contribution in [0.25, 0.3) is 0 Å². The highest BCUT2D eigenvalue weighted by atomic mass is 79.9. The molecule has 0 bridgehead atoms. The van der Waals surface area contributed by atoms with Crippen LogP contribution in [0, 0.1) is 6.92 Å². The Hall–Kier alpha value is -0.390. The number of nitrogens with zero attached hydrogens (tertiary/aromatic N) is 1. The molecule has 1 saturated heterocycles. The number of aliphatic carboxylic acids is 1. The lowest BCUT2D eigenvalue weighted by atomic mass is 10.1. The largest absolute Gasteiger partial charge is 0.480 e. The van der Waals surface area contributed by atoms with Gasteiger partial charge in [0.05, 0.1) is 0 Å². The molecule has 2 rings (SSSR count). The molecule has 1 aromatic rings. The zero-order valence-electron chi connectivity index (χ0n) is 10.5. The van der Waals surface area contributed by atoms with Crippen molar-refractivity contribution in [2.45, 2.75) is 45.2 Å². The second kappa shape index (κ2) is 6.17. The van der Waals surface area contributed by atoms with Crippen molar-refractivity contribution in [2.24, 2.45) is 0 Å². The van der Waals surface area contributed by atoms with Gasteiger partial charge >= 0.3 is 5.97 Å². The number of carboxylic acid groups (broad SMARTS) is 1. The van der Waals surface area contributed by atoms with E-state index < -0.39 is 5.97 Å². The lowest BCUT2D eigenvalue weighted by molar-refractivity contribution is -0.143. The van der Waals surface area contributed by atoms with Gasteiger partial charge in [0.25, 0.3) is 0 Å². The minimum absolute atomic E-state index is 0.311. The molecule has 1 fully saturated rings. The van der Waals surface area contributed by atoms with Gasteiger partial charge in [0.2, 0.25) is 0 Å². The molecule has 0 amide bonds. The van der Waals surface area contributed by atoms with Gasteiger partial charge < -0.3 is 5.11 Å². The summed E-state index contributed by atoms with van der Waals surface area (Å²) in [6, 6.07) is 1.80. The Balaban J connectivity index is 2.10. The summed E-state index contributed by atoms with van der Waals surface area (Å²) in [4.78, 5) is 15.9. The van der Waals surface area contributed by atoms with Gasteiger partial charge in [-0.05, 0) is 48.3 Å². The Morgan fingerprint density at radius 3 is 2.94 bits per heavy atom. The highest BCUT2D eigenvalue weighted by Gasteiger charge is 2.27. The maximum atomic E-state index is 11.3. The minimum atomic E-state index is -0.677. The van der Waals surface area contributed by atoms with Crippen LogP contribution in [-0.2, 0) is 11.3 Å². The van der Waals surface area contributed by atoms with Gasteiger partial charge in [0.15, 0.2) is 0 Å². The fraction of sp³-hybridized carbons (Fsp3) is 0.615. The van der Waals surface area contributed by atoms with Crippen LogP contribution in [0.3, 0.4) is 0 Å². The van der Waals surface area contributed by atoms with E-state index in [0.29, 0.717) is 0 Å². The molecule has 1 aliphatic heterocycles. The first-order chi connectivity index (χ1) is 8.58. The van der Waals surface area contributed by atoms with Crippen molar-refractivity contribution in [3.05, 3.63) is 20.3 Å². The van der Waals surface area contributed by atoms with Gasteiger partial charge in [0.1, 0.15) is 6.04 Å². The number of halogens is 1. The first kappa shape index (κ1) is 14.0. The summed E-state index contributed by atoms with van der Waals surface area (Å²) in [6.07, 6.45) is 4.06. The summed E-state index contributed by atoms with van der Waals surface area (Å²) in [5, 5.41) is 9.32. The second-order valence-corrected chi connectivity index (χ2v) is 6.99. The van der Waals surface area contributed by atoms with Crippen molar-refractivity contribution in [3.8, 4) is 0 Å². The first-order valence-electron chi connectivity index (χ1n) is 6.29. The summed E-state index contributed by atoms with van der Waals surface area (Å²) >= 11 is 5.26. The maximum absolute atomic E-state index is 11.3. The summed E-state index contributed by atoms with van der Waals surface area (Å²) in [5.74, 6) is -0.677. The van der Waals surface area contributed by atoms with Gasteiger partial charge in [-0.25, -0.2) is 0 Å². The van der Waals surface area contributed by atoms with Gasteiger partial charge in [-0.3, -0.25) is 9.69 Å². The van der Waals surface area contributed by atoms with E-state index in [2.05, 4.69) is 33.8 Å². The van der Waals surface area contributed by atoms with Crippen LogP contribution in [-0.4, -0.2) is 28.6 Å². The third kappa shape index (κ3) is 3.33. The molecule has 0 saturated carbocycles. The van der Waals surface area contributed by atoms with Crippen molar-refractivity contribution in [2.75, 3.05) is 6.54 Å². The summed E-state index contributed by atoms with van der Waals surface area (Å²) in [7, 11) is 0. The van der Waals surface area contributed by atoms with Crippen LogP contribution in [0.1, 0.15) is 35.4 Å². The van der Waals surface area contributed by atoms with Crippen molar-refractivity contribution in [3.63, 3.8) is 0 Å². The predicted octanol–water partition coefficient (Wildman–Crippen LogP) is 3.65. The average molecular weight is 332 g/mol. The zero-order valence-corrected chi connectivity index (χ0v) is 12.9. The number of rotatable bonds is 3. The highest BCUT2D eigenvalue weighted by molar-refractivity contribution is 9.10. The molecule has 100 valence electrons. The van der Waals surface area contributed by atoms with Crippen LogP contribution in [0.5, 0.6) is 0 Å². The summed E-state index contributed by atoms with van der Waals surface area (Å²) in [5.41, 5.74) is 0. The van der Waals surface area contributed by atoms with Crippen molar-refractivity contribution < 1.29 is 9.90 Å². The molecule has 1 atom stereocenters. The predicted molar refractivity (Wildman–Crippen MR) is 77.1 cm³/mol. The van der Waals surface area contributed by atoms with Crippen molar-refractivity contribution in [1.29, 1.82) is 0 Å². The second-order valence-electron chi connectivity index (χ2n) is 4.79. The zero-order chi connectivity index (χ0) is 13.1. The normalized spacial score (nSPS) is 21.8. The standard InChI is InChI=1S/C13H18BrNO2S/c1-9-11(14)7-10(18-9)8-15-6-4-2-3-5-12(15)13(16)17/h7,12H,2-6,8H2,1H3,(H,16,17). The Morgan fingerprint density at radius 2 is 2.33 bits per heavy atom. The number of likely N-dealkylation sites (tertiary alicyclic amines) is 1. The number of hydrogen-bond acceptors (Lipinski definition) is 3. The molecule has 1 N–H and O–H groups in total. The molecule has 0 aromatic carbocycles. The molecule has 1 unspecified atom stereocenters. The van der Waals surface area contributed by atoms with Crippen LogP contribution in [0.2, 0.25) is 0 Å². The lowest BCUT2D eigenvalue weighted by Gasteiger charge is -2.25. The van der Waals surface area contributed by atoms with Crippen LogP contribution >= 0.6 is 27.3 Å². The Bertz CT molecular complexity index is 413. The number of carbonyl (C=O) groups is 1. The van der Waals surface area contributed by atoms with E-state index in [9.17, 15) is 9.90 Å². The van der Waals surface area contributed by atoms with Gasteiger partial charge in [-0.2, -0.15) is 0 Å². The molecular formula is C13H18BrNO2S. The number of carboxylic acids is 1. The summed E-state index contributed by atoms with van der Waals surface area (Å²) in [6.45, 7) is 3.73. The van der Waals surface area contributed by atoms with E-state index in [1.54, 1.807) is 11.3 Å². The fourth-order valence-electron chi connectivity index (χ4n) is 2.43. The average Bonchev–Trinajstić information content (AvgIpc) is 2.53. The summed E-state index contributed by atoms with van der Waals surface area (Å²) < 4.78 is 1.13. The molecule has 0 aliphatic carbocycles. The van der Waals surface area contributed by atoms with Crippen LogP contribution < -0.4 is 0 Å². The molecule has 0 spiro atoms. The highest BCUT2D eigenvalue weighted by Crippen LogP contribution is 2.29. The topological polar surface area (TPSA) is 40.5 Å². The van der Waals surface area contributed by atoms with E-state index in [1.165, 1.54) is 9.75 Å². The molecular weight excluding hydrogens is 314 g/mol. The van der Waals surface area contributed by atoms with E-state index in [4.69, 9.17) is 0 Å². The van der Waals surface area contributed by atoms with E-state index >= 15 is 0 Å². The Kier molecular flexibility index (Phi) is 4.81. The number of hydrogen-bond donors (Lipinski definition) is 1. The van der Waals surface area contributed by atoms with E-state index in [1.807, 2.05) is 0 Å². The number of aryl methyl sites for hydroxylation is 1. The monoisotopic (exact) mass is 331 g/mol. The van der Waals surface area contributed by atoms with Gasteiger partial charge in [-0.15, -0.1) is 11.3 Å². The van der Waals surface area contributed by atoms with Gasteiger partial charge in [-0.1, -0.05) is 12.8 Å². The Labute approximate surface area is 120 Å². The molecule has 2 heterocycles. The molecule has 18 heavy (non-hydrogen) atoms. The lowest BCUT2D eigenvalue weighted by Crippen LogP contribution is -2.39. The maximum Gasteiger partial charge on any atom is 0.320 e. The third-order valence-corrected chi connectivity index (χ3v) is 5.54. The van der Waals surface area contributed by atoms with Crippen LogP contribution in [0.4, 0.5) is 0 Å². The quantitative estimate of drug-likeness (QED) is 0.919. The molecule has 5 heteroatoms. The molecule has 1 aromatic heterocycles. The smallest absolute Gasteiger partial charge is 0.320 e. The van der Waals surface area contributed by atoms with Crippen molar-refractivity contribution in [1.82, 2.24) is 4.90 Å². The van der Waals surface area contributed by atoms with E-state index in [0.717, 1.165) is 43.2 Å². The van der Waals surface area contributed by atoms with E-state index in [-0.39, 0.29) is 6.04 Å². The van der Waals surface area contributed by atoms with Crippen LogP contribution in [0.15, 0.2) is 10.5 Å². The molecule has 1 aliphatic rings. The Morgan fingerprint density at radius 1 is 1.56 bits per heavy atom. The first-order valence-corrected chi connectivity index (χ1v) is 7.90. The fourth-order valence-corrected chi connectivity index (χ4v) is 4.06. The molecule has 3 nitrogen and oxygen atoms in total. The minimum Gasteiger partial charge on any atom is -0.480 e. The van der Waals surface area contributed by atoms with Gasteiger partial charge in [0, 0.05) is 20.8 Å². The third-order valence-electron chi connectivity index (χ3n) is 3.42. The molecule has 0 radical (unpaired) electrons. The van der Waals surface area contributed by atoms with Crippen molar-refractivity contribution >= 4 is 33.2 Å². The number of thiophene rings is 1.